The van der Waals surface area contributed by atoms with E-state index in [1.165, 1.54) is 11.1 Å². The molecular weight excluding hydrogens is 350 g/mol. The predicted octanol–water partition coefficient (Wildman–Crippen LogP) is 2.57. The van der Waals surface area contributed by atoms with Crippen LogP contribution in [0.5, 0.6) is 5.75 Å². The summed E-state index contributed by atoms with van der Waals surface area (Å²) in [6, 6.07) is 1.91. The maximum atomic E-state index is 14.4. The van der Waals surface area contributed by atoms with E-state index >= 15 is 0 Å². The SMILES string of the molecule is C[C@H]1COc2cc(-c3noc(C(F)(F)F)n3)cc(F)c2CN1OC=O. The number of aromatic nitrogens is 2. The number of fused-ring (bicyclic) bond motifs is 1. The van der Waals surface area contributed by atoms with Crippen molar-refractivity contribution in [3.63, 3.8) is 0 Å². The Kier molecular flexibility index (Phi) is 4.33. The Balaban J connectivity index is 1.97. The molecular formula is C14H11F4N3O4. The number of hydrogen-bond donors (Lipinski definition) is 0. The van der Waals surface area contributed by atoms with Crippen molar-refractivity contribution in [1.82, 2.24) is 15.2 Å². The van der Waals surface area contributed by atoms with Crippen LogP contribution in [-0.2, 0) is 22.4 Å². The largest absolute Gasteiger partial charge is 0.491 e. The van der Waals surface area contributed by atoms with Gasteiger partial charge in [-0.2, -0.15) is 18.2 Å². The zero-order valence-electron chi connectivity index (χ0n) is 12.7. The summed E-state index contributed by atoms with van der Waals surface area (Å²) < 4.78 is 61.6. The Hall–Kier alpha value is -2.69. The molecule has 1 aromatic heterocycles. The lowest BCUT2D eigenvalue weighted by atomic mass is 10.1. The van der Waals surface area contributed by atoms with Crippen LogP contribution in [0.2, 0.25) is 0 Å². The molecule has 0 saturated carbocycles. The smallest absolute Gasteiger partial charge is 0.471 e. The second kappa shape index (κ2) is 6.31. The molecule has 0 fully saturated rings. The maximum Gasteiger partial charge on any atom is 0.471 e. The standard InChI is InChI=1S/C14H11F4N3O4/c1-7-5-23-11-3-8(12-19-13(25-20-12)14(16,17)18)2-10(15)9(11)4-21(7)24-6-22/h2-3,6-7H,4-5H2,1H3/t7-/m0/s1. The molecule has 0 saturated heterocycles. The van der Waals surface area contributed by atoms with Crippen molar-refractivity contribution in [3.8, 4) is 17.1 Å². The third-order valence-corrected chi connectivity index (χ3v) is 3.55. The summed E-state index contributed by atoms with van der Waals surface area (Å²) in [7, 11) is 0. The van der Waals surface area contributed by atoms with E-state index in [4.69, 9.17) is 9.57 Å². The third kappa shape index (κ3) is 3.40. The number of nitrogens with zero attached hydrogens (tertiary/aromatic N) is 3. The first-order valence-corrected chi connectivity index (χ1v) is 7.03. The summed E-state index contributed by atoms with van der Waals surface area (Å²) in [6.07, 6.45) is -4.80. The number of benzene rings is 1. The number of halogens is 4. The molecule has 11 heteroatoms. The molecule has 0 aliphatic carbocycles. The number of hydroxylamine groups is 2. The van der Waals surface area contributed by atoms with Crippen LogP contribution >= 0.6 is 0 Å². The van der Waals surface area contributed by atoms with Gasteiger partial charge in [0.2, 0.25) is 5.82 Å². The lowest BCUT2D eigenvalue weighted by molar-refractivity contribution is -0.189. The highest BCUT2D eigenvalue weighted by Gasteiger charge is 2.38. The Bertz CT molecular complexity index is 793. The van der Waals surface area contributed by atoms with Crippen molar-refractivity contribution < 1.29 is 36.5 Å². The molecule has 0 bridgehead atoms. The Morgan fingerprint density at radius 3 is 2.80 bits per heavy atom. The predicted molar refractivity (Wildman–Crippen MR) is 72.3 cm³/mol. The quantitative estimate of drug-likeness (QED) is 0.614. The van der Waals surface area contributed by atoms with Gasteiger partial charge in [0.25, 0.3) is 0 Å². The van der Waals surface area contributed by atoms with Crippen LogP contribution in [0.1, 0.15) is 18.4 Å². The minimum atomic E-state index is -4.80. The molecule has 1 aromatic carbocycles. The molecule has 0 unspecified atom stereocenters. The summed E-state index contributed by atoms with van der Waals surface area (Å²) in [5.41, 5.74) is 0.0578. The summed E-state index contributed by atoms with van der Waals surface area (Å²) in [4.78, 5) is 18.5. The average molecular weight is 361 g/mol. The molecule has 1 atom stereocenters. The van der Waals surface area contributed by atoms with Gasteiger partial charge in [0.1, 0.15) is 18.2 Å². The molecule has 2 heterocycles. The normalized spacial score (nSPS) is 18.2. The lowest BCUT2D eigenvalue weighted by Crippen LogP contribution is -2.34. The third-order valence-electron chi connectivity index (χ3n) is 3.55. The number of carbonyl (C=O) groups excluding carboxylic acids is 1. The van der Waals surface area contributed by atoms with Gasteiger partial charge < -0.3 is 14.1 Å². The molecule has 25 heavy (non-hydrogen) atoms. The van der Waals surface area contributed by atoms with Gasteiger partial charge >= 0.3 is 18.5 Å². The van der Waals surface area contributed by atoms with Crippen LogP contribution < -0.4 is 4.74 Å². The highest BCUT2D eigenvalue weighted by Crippen LogP contribution is 2.34. The maximum absolute atomic E-state index is 14.4. The molecule has 2 aromatic rings. The van der Waals surface area contributed by atoms with Gasteiger partial charge in [0, 0.05) is 11.1 Å². The molecule has 0 radical (unpaired) electrons. The highest BCUT2D eigenvalue weighted by molar-refractivity contribution is 5.59. The van der Waals surface area contributed by atoms with Crippen molar-refractivity contribution in [3.05, 3.63) is 29.4 Å². The molecule has 0 amide bonds. The van der Waals surface area contributed by atoms with Gasteiger partial charge in [-0.3, -0.25) is 4.79 Å². The van der Waals surface area contributed by atoms with Crippen molar-refractivity contribution in [1.29, 1.82) is 0 Å². The van der Waals surface area contributed by atoms with Gasteiger partial charge in [-0.25, -0.2) is 4.39 Å². The minimum Gasteiger partial charge on any atom is -0.491 e. The zero-order chi connectivity index (χ0) is 18.2. The molecule has 0 spiro atoms. The lowest BCUT2D eigenvalue weighted by Gasteiger charge is -2.21. The number of hydrogen-bond acceptors (Lipinski definition) is 7. The van der Waals surface area contributed by atoms with Crippen molar-refractivity contribution in [2.75, 3.05) is 6.61 Å². The van der Waals surface area contributed by atoms with Crippen LogP contribution in [0.3, 0.4) is 0 Å². The van der Waals surface area contributed by atoms with E-state index in [2.05, 4.69) is 14.7 Å². The van der Waals surface area contributed by atoms with Gasteiger partial charge in [-0.05, 0) is 19.1 Å². The number of rotatable bonds is 3. The fourth-order valence-electron chi connectivity index (χ4n) is 2.28. The molecule has 7 nitrogen and oxygen atoms in total. The van der Waals surface area contributed by atoms with E-state index in [1.54, 1.807) is 6.92 Å². The zero-order valence-corrected chi connectivity index (χ0v) is 12.7. The van der Waals surface area contributed by atoms with Crippen LogP contribution in [-0.4, -0.2) is 34.3 Å². The van der Waals surface area contributed by atoms with Gasteiger partial charge in [0.05, 0.1) is 12.6 Å². The summed E-state index contributed by atoms with van der Waals surface area (Å²) in [6.45, 7) is 1.90. The van der Waals surface area contributed by atoms with Gasteiger partial charge in [-0.15, -0.1) is 5.06 Å². The second-order valence-corrected chi connectivity index (χ2v) is 5.29. The topological polar surface area (TPSA) is 77.7 Å². The number of carbonyl (C=O) groups is 1. The number of ether oxygens (including phenoxy) is 1. The van der Waals surface area contributed by atoms with Crippen LogP contribution in [0.15, 0.2) is 16.7 Å². The fourth-order valence-corrected chi connectivity index (χ4v) is 2.28. The molecule has 0 N–H and O–H groups in total. The average Bonchev–Trinajstić information content (AvgIpc) is 2.98. The van der Waals surface area contributed by atoms with E-state index in [1.807, 2.05) is 0 Å². The fraction of sp³-hybridized carbons (Fsp3) is 0.357. The first-order valence-electron chi connectivity index (χ1n) is 7.03. The monoisotopic (exact) mass is 361 g/mol. The van der Waals surface area contributed by atoms with Crippen LogP contribution in [0, 0.1) is 5.82 Å². The van der Waals surface area contributed by atoms with E-state index < -0.39 is 23.7 Å². The van der Waals surface area contributed by atoms with E-state index in [9.17, 15) is 22.4 Å². The van der Waals surface area contributed by atoms with Crippen LogP contribution in [0.25, 0.3) is 11.4 Å². The van der Waals surface area contributed by atoms with Crippen molar-refractivity contribution in [2.24, 2.45) is 0 Å². The van der Waals surface area contributed by atoms with Crippen molar-refractivity contribution >= 4 is 6.47 Å². The first kappa shape index (κ1) is 17.1. The molecule has 134 valence electrons. The highest BCUT2D eigenvalue weighted by atomic mass is 19.4. The minimum absolute atomic E-state index is 0.0343. The summed E-state index contributed by atoms with van der Waals surface area (Å²) in [5.74, 6) is -2.62. The number of alkyl halides is 3. The Labute approximate surface area is 138 Å². The van der Waals surface area contributed by atoms with Crippen molar-refractivity contribution in [2.45, 2.75) is 25.7 Å². The Morgan fingerprint density at radius 2 is 2.16 bits per heavy atom. The van der Waals surface area contributed by atoms with Crippen LogP contribution in [0.4, 0.5) is 17.6 Å². The summed E-state index contributed by atoms with van der Waals surface area (Å²) in [5, 5.41) is 4.45. The van der Waals surface area contributed by atoms with Gasteiger partial charge in [0.15, 0.2) is 0 Å². The second-order valence-electron chi connectivity index (χ2n) is 5.29. The first-order chi connectivity index (χ1) is 11.8. The molecule has 3 rings (SSSR count). The van der Waals surface area contributed by atoms with E-state index in [0.717, 1.165) is 6.07 Å². The summed E-state index contributed by atoms with van der Waals surface area (Å²) >= 11 is 0. The van der Waals surface area contributed by atoms with E-state index in [-0.39, 0.29) is 42.5 Å². The van der Waals surface area contributed by atoms with E-state index in [0.29, 0.717) is 0 Å². The molecule has 1 aliphatic heterocycles. The molecule has 1 aliphatic rings. The Morgan fingerprint density at radius 1 is 1.40 bits per heavy atom. The van der Waals surface area contributed by atoms with Gasteiger partial charge in [-0.1, -0.05) is 5.16 Å².